The number of hydrogen-bond donors (Lipinski definition) is 0. The molecular formula is C20H25N3O3. The molecule has 0 N–H and O–H groups in total. The zero-order valence-corrected chi connectivity index (χ0v) is 15.8. The molecule has 0 atom stereocenters. The Morgan fingerprint density at radius 1 is 1.23 bits per heavy atom. The van der Waals surface area contributed by atoms with Crippen LogP contribution in [0.2, 0.25) is 0 Å². The van der Waals surface area contributed by atoms with Crippen LogP contribution in [0.5, 0.6) is 0 Å². The van der Waals surface area contributed by atoms with Gasteiger partial charge in [-0.2, -0.15) is 4.98 Å². The van der Waals surface area contributed by atoms with Crippen LogP contribution in [0.15, 0.2) is 58.8 Å². The molecule has 0 saturated heterocycles. The maximum atomic E-state index is 5.68. The largest absolute Gasteiger partial charge is 0.490 e. The quantitative estimate of drug-likeness (QED) is 0.490. The van der Waals surface area contributed by atoms with Crippen molar-refractivity contribution in [1.82, 2.24) is 15.1 Å². The van der Waals surface area contributed by atoms with Crippen molar-refractivity contribution < 1.29 is 14.0 Å². The fourth-order valence-corrected chi connectivity index (χ4v) is 2.38. The Balaban J connectivity index is 2.15. The molecule has 6 heteroatoms. The average Bonchev–Trinajstić information content (AvgIpc) is 3.07. The summed E-state index contributed by atoms with van der Waals surface area (Å²) in [7, 11) is 0. The number of ether oxygens (including phenoxy) is 2. The molecule has 0 aromatic carbocycles. The summed E-state index contributed by atoms with van der Waals surface area (Å²) in [5.74, 6) is 2.37. The maximum Gasteiger partial charge on any atom is 0.231 e. The Hall–Kier alpha value is -2.89. The highest BCUT2D eigenvalue weighted by molar-refractivity contribution is 5.58. The van der Waals surface area contributed by atoms with Gasteiger partial charge in [0.25, 0.3) is 0 Å². The number of aryl methyl sites for hydroxylation is 1. The third-order valence-electron chi connectivity index (χ3n) is 3.55. The van der Waals surface area contributed by atoms with Crippen LogP contribution in [0.25, 0.3) is 11.4 Å². The highest BCUT2D eigenvalue weighted by Gasteiger charge is 2.13. The lowest BCUT2D eigenvalue weighted by molar-refractivity contribution is 0.164. The number of allylic oxidation sites excluding steroid dienone is 3. The molecule has 0 spiro atoms. The maximum absolute atomic E-state index is 5.68. The molecule has 0 aliphatic carbocycles. The Bertz CT molecular complexity index is 806. The van der Waals surface area contributed by atoms with Gasteiger partial charge >= 0.3 is 0 Å². The predicted octanol–water partition coefficient (Wildman–Crippen LogP) is 4.40. The number of nitrogens with zero attached hydrogens (tertiary/aromatic N) is 3. The second-order valence-corrected chi connectivity index (χ2v) is 5.56. The molecule has 0 saturated carbocycles. The number of aromatic nitrogens is 3. The van der Waals surface area contributed by atoms with Gasteiger partial charge in [-0.05, 0) is 57.0 Å². The molecule has 2 heterocycles. The zero-order chi connectivity index (χ0) is 18.9. The molecule has 2 aromatic heterocycles. The molecule has 0 bridgehead atoms. The summed E-state index contributed by atoms with van der Waals surface area (Å²) in [6, 6.07) is 1.87. The molecule has 6 nitrogen and oxygen atoms in total. The van der Waals surface area contributed by atoms with Crippen LogP contribution in [0.1, 0.15) is 32.2 Å². The molecule has 138 valence electrons. The van der Waals surface area contributed by atoms with E-state index in [1.54, 1.807) is 12.4 Å². The van der Waals surface area contributed by atoms with E-state index in [1.165, 1.54) is 0 Å². The summed E-state index contributed by atoms with van der Waals surface area (Å²) in [5.41, 5.74) is 2.68. The first-order chi connectivity index (χ1) is 12.6. The molecule has 0 unspecified atom stereocenters. The van der Waals surface area contributed by atoms with Gasteiger partial charge in [-0.25, -0.2) is 0 Å². The van der Waals surface area contributed by atoms with Gasteiger partial charge < -0.3 is 14.0 Å². The minimum Gasteiger partial charge on any atom is -0.490 e. The first-order valence-corrected chi connectivity index (χ1v) is 8.64. The van der Waals surface area contributed by atoms with Crippen molar-refractivity contribution >= 4 is 0 Å². The predicted molar refractivity (Wildman–Crippen MR) is 100 cm³/mol. The minimum absolute atomic E-state index is 0.427. The Kier molecular flexibility index (Phi) is 7.14. The molecular weight excluding hydrogens is 330 g/mol. The Morgan fingerprint density at radius 2 is 1.96 bits per heavy atom. The van der Waals surface area contributed by atoms with Crippen molar-refractivity contribution in [3.8, 4) is 11.4 Å². The summed E-state index contributed by atoms with van der Waals surface area (Å²) >= 11 is 0. The Morgan fingerprint density at radius 3 is 2.62 bits per heavy atom. The van der Waals surface area contributed by atoms with Crippen molar-refractivity contribution in [3.05, 3.63) is 65.7 Å². The molecule has 0 fully saturated rings. The monoisotopic (exact) mass is 355 g/mol. The fourth-order valence-electron chi connectivity index (χ4n) is 2.38. The van der Waals surface area contributed by atoms with Crippen molar-refractivity contribution in [3.63, 3.8) is 0 Å². The van der Waals surface area contributed by atoms with Gasteiger partial charge in [0, 0.05) is 18.0 Å². The molecule has 0 aliphatic rings. The van der Waals surface area contributed by atoms with Gasteiger partial charge in [-0.1, -0.05) is 11.7 Å². The van der Waals surface area contributed by atoms with Crippen LogP contribution < -0.4 is 0 Å². The van der Waals surface area contributed by atoms with Gasteiger partial charge in [0.2, 0.25) is 11.7 Å². The van der Waals surface area contributed by atoms with E-state index in [4.69, 9.17) is 14.0 Å². The van der Waals surface area contributed by atoms with Crippen LogP contribution >= 0.6 is 0 Å². The van der Waals surface area contributed by atoms with Crippen molar-refractivity contribution in [2.75, 3.05) is 13.2 Å². The number of pyridine rings is 1. The SMILES string of the molecule is C=C(/C=C(OCC)\C(=C/C)OCC)Cc1nc(-c2ccncc2C)no1. The van der Waals surface area contributed by atoms with E-state index in [-0.39, 0.29) is 0 Å². The summed E-state index contributed by atoms with van der Waals surface area (Å²) in [6.45, 7) is 12.9. The summed E-state index contributed by atoms with van der Waals surface area (Å²) < 4.78 is 16.6. The fraction of sp³-hybridized carbons (Fsp3) is 0.350. The third-order valence-corrected chi connectivity index (χ3v) is 3.55. The topological polar surface area (TPSA) is 70.3 Å². The van der Waals surface area contributed by atoms with Crippen molar-refractivity contribution in [1.29, 1.82) is 0 Å². The lowest BCUT2D eigenvalue weighted by atomic mass is 10.1. The van der Waals surface area contributed by atoms with Crippen LogP contribution in [0.4, 0.5) is 0 Å². The van der Waals surface area contributed by atoms with Crippen LogP contribution in [0.3, 0.4) is 0 Å². The Labute approximate surface area is 154 Å². The van der Waals surface area contributed by atoms with Gasteiger partial charge in [0.05, 0.1) is 19.6 Å². The number of hydrogen-bond acceptors (Lipinski definition) is 6. The highest BCUT2D eigenvalue weighted by Crippen LogP contribution is 2.21. The first kappa shape index (κ1) is 19.4. The first-order valence-electron chi connectivity index (χ1n) is 8.64. The van der Waals surface area contributed by atoms with Gasteiger partial charge in [0.1, 0.15) is 0 Å². The van der Waals surface area contributed by atoms with E-state index in [2.05, 4.69) is 21.7 Å². The summed E-state index contributed by atoms with van der Waals surface area (Å²) in [5, 5.41) is 4.05. The summed E-state index contributed by atoms with van der Waals surface area (Å²) in [6.07, 6.45) is 7.62. The smallest absolute Gasteiger partial charge is 0.231 e. The van der Waals surface area contributed by atoms with Crippen molar-refractivity contribution in [2.24, 2.45) is 0 Å². The van der Waals surface area contributed by atoms with E-state index in [1.807, 2.05) is 45.9 Å². The molecule has 2 rings (SSSR count). The second kappa shape index (κ2) is 9.56. The molecule has 26 heavy (non-hydrogen) atoms. The van der Waals surface area contributed by atoms with Crippen LogP contribution in [0, 0.1) is 6.92 Å². The van der Waals surface area contributed by atoms with E-state index in [0.29, 0.717) is 42.9 Å². The third kappa shape index (κ3) is 5.05. The summed E-state index contributed by atoms with van der Waals surface area (Å²) in [4.78, 5) is 8.53. The standard InChI is InChI=1S/C20H25N3O3/c1-6-17(24-7-2)18(25-8-3)11-14(4)12-19-22-20(23-26-19)16-9-10-21-13-15(16)5/h6,9-11,13H,4,7-8,12H2,1-3,5H3/b17-6+,18-11+. The van der Waals surface area contributed by atoms with E-state index < -0.39 is 0 Å². The zero-order valence-electron chi connectivity index (χ0n) is 15.8. The normalized spacial score (nSPS) is 12.2. The molecule has 0 amide bonds. The molecule has 0 aliphatic heterocycles. The highest BCUT2D eigenvalue weighted by atomic mass is 16.5. The van der Waals surface area contributed by atoms with E-state index >= 15 is 0 Å². The van der Waals surface area contributed by atoms with Gasteiger partial charge in [0.15, 0.2) is 11.5 Å². The van der Waals surface area contributed by atoms with Crippen molar-refractivity contribution in [2.45, 2.75) is 34.1 Å². The van der Waals surface area contributed by atoms with E-state index in [0.717, 1.165) is 16.7 Å². The number of rotatable bonds is 9. The van der Waals surface area contributed by atoms with Crippen LogP contribution in [-0.4, -0.2) is 28.3 Å². The van der Waals surface area contributed by atoms with Gasteiger partial charge in [-0.3, -0.25) is 4.98 Å². The second-order valence-electron chi connectivity index (χ2n) is 5.56. The lowest BCUT2D eigenvalue weighted by Crippen LogP contribution is -2.02. The van der Waals surface area contributed by atoms with Gasteiger partial charge in [-0.15, -0.1) is 0 Å². The molecule has 0 radical (unpaired) electrons. The molecule has 2 aromatic rings. The van der Waals surface area contributed by atoms with Crippen LogP contribution in [-0.2, 0) is 15.9 Å². The minimum atomic E-state index is 0.427. The average molecular weight is 355 g/mol. The lowest BCUT2D eigenvalue weighted by Gasteiger charge is -2.13. The van der Waals surface area contributed by atoms with E-state index in [9.17, 15) is 0 Å².